The lowest BCUT2D eigenvalue weighted by Crippen LogP contribution is -2.58. The fourth-order valence-corrected chi connectivity index (χ4v) is 4.16. The van der Waals surface area contributed by atoms with Crippen LogP contribution in [0.1, 0.15) is 16.0 Å². The Morgan fingerprint density at radius 2 is 1.94 bits per heavy atom. The van der Waals surface area contributed by atoms with Crippen LogP contribution in [0.25, 0.3) is 0 Å². The van der Waals surface area contributed by atoms with Gasteiger partial charge in [-0.1, -0.05) is 29.8 Å². The molecule has 3 rings (SSSR count). The maximum atomic E-state index is 3.65. The van der Waals surface area contributed by atoms with Gasteiger partial charge in [-0.15, -0.1) is 11.3 Å². The van der Waals surface area contributed by atoms with Gasteiger partial charge in [-0.2, -0.15) is 0 Å². The van der Waals surface area contributed by atoms with Gasteiger partial charge < -0.3 is 5.32 Å². The first-order valence-corrected chi connectivity index (χ1v) is 7.87. The molecular weight excluding hydrogens is 306 g/mol. The van der Waals surface area contributed by atoms with Gasteiger partial charge in [-0.25, -0.2) is 0 Å². The standard InChI is InChI=1S/C15H16BrNS/c1-11-2-4-12(5-3-11)15(9-17-10-15)8-14-13(16)6-7-18-14/h2-7,17H,8-10H2,1H3. The van der Waals surface area contributed by atoms with Crippen LogP contribution in [0.15, 0.2) is 40.2 Å². The third kappa shape index (κ3) is 2.15. The van der Waals surface area contributed by atoms with Gasteiger partial charge >= 0.3 is 0 Å². The van der Waals surface area contributed by atoms with Crippen LogP contribution in [0, 0.1) is 6.92 Å². The van der Waals surface area contributed by atoms with Crippen LogP contribution in [-0.2, 0) is 11.8 Å². The molecule has 0 amide bonds. The highest BCUT2D eigenvalue weighted by Crippen LogP contribution is 2.36. The van der Waals surface area contributed by atoms with Gasteiger partial charge in [-0.3, -0.25) is 0 Å². The molecule has 1 aliphatic heterocycles. The van der Waals surface area contributed by atoms with Crippen LogP contribution < -0.4 is 5.32 Å². The zero-order valence-corrected chi connectivity index (χ0v) is 12.8. The summed E-state index contributed by atoms with van der Waals surface area (Å²) in [5.74, 6) is 0. The molecule has 0 atom stereocenters. The smallest absolute Gasteiger partial charge is 0.0314 e. The molecule has 1 aliphatic rings. The molecule has 18 heavy (non-hydrogen) atoms. The van der Waals surface area contributed by atoms with Gasteiger partial charge in [0.2, 0.25) is 0 Å². The van der Waals surface area contributed by atoms with Gasteiger partial charge in [0.05, 0.1) is 0 Å². The first-order valence-electron chi connectivity index (χ1n) is 6.19. The van der Waals surface area contributed by atoms with Gasteiger partial charge in [0.25, 0.3) is 0 Å². The van der Waals surface area contributed by atoms with Crippen molar-refractivity contribution in [1.82, 2.24) is 5.32 Å². The molecule has 94 valence electrons. The number of nitrogens with one attached hydrogen (secondary N) is 1. The molecule has 1 N–H and O–H groups in total. The fraction of sp³-hybridized carbons (Fsp3) is 0.333. The largest absolute Gasteiger partial charge is 0.315 e. The van der Waals surface area contributed by atoms with Crippen molar-refractivity contribution < 1.29 is 0 Å². The molecule has 0 bridgehead atoms. The summed E-state index contributed by atoms with van der Waals surface area (Å²) >= 11 is 5.50. The second-order valence-electron chi connectivity index (χ2n) is 5.12. The number of benzene rings is 1. The van der Waals surface area contributed by atoms with E-state index in [1.807, 2.05) is 11.3 Å². The topological polar surface area (TPSA) is 12.0 Å². The lowest BCUT2D eigenvalue weighted by molar-refractivity contribution is 0.276. The average Bonchev–Trinajstić information content (AvgIpc) is 2.71. The highest BCUT2D eigenvalue weighted by molar-refractivity contribution is 9.10. The van der Waals surface area contributed by atoms with E-state index >= 15 is 0 Å². The number of rotatable bonds is 3. The average molecular weight is 322 g/mol. The number of hydrogen-bond donors (Lipinski definition) is 1. The molecule has 0 spiro atoms. The molecule has 2 aromatic rings. The summed E-state index contributed by atoms with van der Waals surface area (Å²) in [5, 5.41) is 5.60. The highest BCUT2D eigenvalue weighted by atomic mass is 79.9. The monoisotopic (exact) mass is 321 g/mol. The van der Waals surface area contributed by atoms with E-state index in [9.17, 15) is 0 Å². The van der Waals surface area contributed by atoms with E-state index in [2.05, 4.69) is 63.9 Å². The van der Waals surface area contributed by atoms with Gasteiger partial charge in [0, 0.05) is 27.9 Å². The quantitative estimate of drug-likeness (QED) is 0.904. The minimum Gasteiger partial charge on any atom is -0.315 e. The Bertz CT molecular complexity index is 540. The molecule has 1 nitrogen and oxygen atoms in total. The molecule has 2 heterocycles. The predicted octanol–water partition coefficient (Wildman–Crippen LogP) is 3.90. The van der Waals surface area contributed by atoms with Crippen LogP contribution in [0.2, 0.25) is 0 Å². The van der Waals surface area contributed by atoms with E-state index in [-0.39, 0.29) is 0 Å². The first kappa shape index (κ1) is 12.4. The zero-order chi connectivity index (χ0) is 12.6. The summed E-state index contributed by atoms with van der Waals surface area (Å²) in [5.41, 5.74) is 3.09. The Hall–Kier alpha value is -0.640. The van der Waals surface area contributed by atoms with Crippen molar-refractivity contribution in [3.63, 3.8) is 0 Å². The third-order valence-corrected chi connectivity index (χ3v) is 5.71. The van der Waals surface area contributed by atoms with Gasteiger partial charge in [0.1, 0.15) is 0 Å². The normalized spacial score (nSPS) is 17.4. The minimum atomic E-state index is 0.293. The lowest BCUT2D eigenvalue weighted by atomic mass is 9.72. The molecule has 1 aromatic carbocycles. The summed E-state index contributed by atoms with van der Waals surface area (Å²) < 4.78 is 1.26. The fourth-order valence-electron chi connectivity index (χ4n) is 2.52. The van der Waals surface area contributed by atoms with E-state index in [1.54, 1.807) is 0 Å². The highest BCUT2D eigenvalue weighted by Gasteiger charge is 2.39. The number of aryl methyl sites for hydroxylation is 1. The molecule has 1 fully saturated rings. The predicted molar refractivity (Wildman–Crippen MR) is 81.4 cm³/mol. The van der Waals surface area contributed by atoms with Crippen molar-refractivity contribution in [2.75, 3.05) is 13.1 Å². The molecule has 1 saturated heterocycles. The number of halogens is 1. The molecule has 1 aromatic heterocycles. The van der Waals surface area contributed by atoms with Crippen molar-refractivity contribution in [2.45, 2.75) is 18.8 Å². The second-order valence-corrected chi connectivity index (χ2v) is 6.97. The van der Waals surface area contributed by atoms with E-state index in [0.29, 0.717) is 5.41 Å². The molecule has 0 radical (unpaired) electrons. The summed E-state index contributed by atoms with van der Waals surface area (Å²) in [4.78, 5) is 1.46. The zero-order valence-electron chi connectivity index (χ0n) is 10.4. The molecule has 3 heteroatoms. The SMILES string of the molecule is Cc1ccc(C2(Cc3sccc3Br)CNC2)cc1. The summed E-state index contributed by atoms with van der Waals surface area (Å²) in [6.45, 7) is 4.31. The Balaban J connectivity index is 1.91. The van der Waals surface area contributed by atoms with Crippen molar-refractivity contribution in [2.24, 2.45) is 0 Å². The molecular formula is C15H16BrNS. The van der Waals surface area contributed by atoms with Crippen LogP contribution in [-0.4, -0.2) is 13.1 Å². The molecule has 0 aliphatic carbocycles. The summed E-state index contributed by atoms with van der Waals surface area (Å²) in [7, 11) is 0. The Labute approximate surface area is 120 Å². The Morgan fingerprint density at radius 1 is 1.22 bits per heavy atom. The van der Waals surface area contributed by atoms with E-state index in [0.717, 1.165) is 19.5 Å². The summed E-state index contributed by atoms with van der Waals surface area (Å²) in [6, 6.07) is 11.2. The maximum absolute atomic E-state index is 3.65. The number of hydrogen-bond acceptors (Lipinski definition) is 2. The minimum absolute atomic E-state index is 0.293. The number of thiophene rings is 1. The van der Waals surface area contributed by atoms with E-state index < -0.39 is 0 Å². The maximum Gasteiger partial charge on any atom is 0.0314 e. The van der Waals surface area contributed by atoms with E-state index in [1.165, 1.54) is 20.5 Å². The van der Waals surface area contributed by atoms with Crippen molar-refractivity contribution in [3.8, 4) is 0 Å². The van der Waals surface area contributed by atoms with Crippen LogP contribution in [0.3, 0.4) is 0 Å². The van der Waals surface area contributed by atoms with Gasteiger partial charge in [0.15, 0.2) is 0 Å². The van der Waals surface area contributed by atoms with Gasteiger partial charge in [-0.05, 0) is 46.3 Å². The summed E-state index contributed by atoms with van der Waals surface area (Å²) in [6.07, 6.45) is 1.13. The van der Waals surface area contributed by atoms with Crippen molar-refractivity contribution in [3.05, 3.63) is 56.2 Å². The first-order chi connectivity index (χ1) is 8.70. The second kappa shape index (κ2) is 4.80. The Kier molecular flexibility index (Phi) is 3.31. The van der Waals surface area contributed by atoms with E-state index in [4.69, 9.17) is 0 Å². The third-order valence-electron chi connectivity index (χ3n) is 3.78. The van der Waals surface area contributed by atoms with Crippen molar-refractivity contribution in [1.29, 1.82) is 0 Å². The van der Waals surface area contributed by atoms with Crippen molar-refractivity contribution >= 4 is 27.3 Å². The molecule has 0 unspecified atom stereocenters. The molecule has 0 saturated carbocycles. The lowest BCUT2D eigenvalue weighted by Gasteiger charge is -2.43. The van der Waals surface area contributed by atoms with Crippen LogP contribution in [0.4, 0.5) is 0 Å². The van der Waals surface area contributed by atoms with Crippen LogP contribution >= 0.6 is 27.3 Å². The Morgan fingerprint density at radius 3 is 2.44 bits per heavy atom. The van der Waals surface area contributed by atoms with Crippen LogP contribution in [0.5, 0.6) is 0 Å².